The molecule has 26 heavy (non-hydrogen) atoms. The van der Waals surface area contributed by atoms with E-state index in [1.165, 1.54) is 0 Å². The Balaban J connectivity index is 1.64. The summed E-state index contributed by atoms with van der Waals surface area (Å²) in [7, 11) is 0. The van der Waals surface area contributed by atoms with Crippen LogP contribution in [0.3, 0.4) is 0 Å². The first kappa shape index (κ1) is 19.3. The first-order valence-electron chi connectivity index (χ1n) is 7.79. The van der Waals surface area contributed by atoms with E-state index in [2.05, 4.69) is 9.97 Å². The zero-order valence-electron chi connectivity index (χ0n) is 13.9. The Bertz CT molecular complexity index is 904. The van der Waals surface area contributed by atoms with Crippen molar-refractivity contribution >= 4 is 46.6 Å². The molecule has 7 heteroatoms. The van der Waals surface area contributed by atoms with Crippen molar-refractivity contribution in [2.24, 2.45) is 0 Å². The summed E-state index contributed by atoms with van der Waals surface area (Å²) in [5.74, 6) is 1.92. The van der Waals surface area contributed by atoms with E-state index >= 15 is 0 Å². The van der Waals surface area contributed by atoms with Gasteiger partial charge < -0.3 is 4.74 Å². The van der Waals surface area contributed by atoms with Gasteiger partial charge in [-0.1, -0.05) is 40.9 Å². The van der Waals surface area contributed by atoms with Gasteiger partial charge in [0.25, 0.3) is 0 Å². The van der Waals surface area contributed by atoms with E-state index in [-0.39, 0.29) is 0 Å². The third kappa shape index (κ3) is 5.52. The van der Waals surface area contributed by atoms with Crippen molar-refractivity contribution in [3.8, 4) is 5.88 Å². The Hall–Kier alpha value is -1.46. The zero-order chi connectivity index (χ0) is 18.5. The lowest BCUT2D eigenvalue weighted by Gasteiger charge is -2.09. The topological polar surface area (TPSA) is 35.0 Å². The van der Waals surface area contributed by atoms with Crippen molar-refractivity contribution in [2.45, 2.75) is 24.2 Å². The summed E-state index contributed by atoms with van der Waals surface area (Å²) < 4.78 is 5.80. The van der Waals surface area contributed by atoms with E-state index in [4.69, 9.17) is 39.5 Å². The molecule has 134 valence electrons. The number of aromatic nitrogens is 2. The molecular formula is C19H15Cl3N2OS. The highest BCUT2D eigenvalue weighted by atomic mass is 35.5. The van der Waals surface area contributed by atoms with Crippen LogP contribution in [0, 0.1) is 6.92 Å². The summed E-state index contributed by atoms with van der Waals surface area (Å²) in [5.41, 5.74) is 1.83. The fourth-order valence-corrected chi connectivity index (χ4v) is 3.46. The van der Waals surface area contributed by atoms with E-state index in [0.29, 0.717) is 34.1 Å². The fourth-order valence-electron chi connectivity index (χ4n) is 2.22. The van der Waals surface area contributed by atoms with Crippen molar-refractivity contribution in [2.75, 3.05) is 0 Å². The first-order chi connectivity index (χ1) is 12.5. The second-order valence-corrected chi connectivity index (χ2v) is 7.82. The molecule has 0 unspecified atom stereocenters. The molecule has 0 atom stereocenters. The van der Waals surface area contributed by atoms with Crippen molar-refractivity contribution in [1.29, 1.82) is 0 Å². The number of aryl methyl sites for hydroxylation is 1. The molecule has 3 rings (SSSR count). The smallest absolute Gasteiger partial charge is 0.217 e. The van der Waals surface area contributed by atoms with Crippen LogP contribution in [0.4, 0.5) is 0 Å². The largest absolute Gasteiger partial charge is 0.473 e. The number of benzene rings is 2. The van der Waals surface area contributed by atoms with Gasteiger partial charge in [-0.3, -0.25) is 0 Å². The molecule has 3 aromatic rings. The highest BCUT2D eigenvalue weighted by Gasteiger charge is 2.06. The first-order valence-corrected chi connectivity index (χ1v) is 9.91. The van der Waals surface area contributed by atoms with Gasteiger partial charge in [0.15, 0.2) is 0 Å². The van der Waals surface area contributed by atoms with Crippen molar-refractivity contribution in [3.63, 3.8) is 0 Å². The van der Waals surface area contributed by atoms with Crippen LogP contribution in [0.25, 0.3) is 0 Å². The van der Waals surface area contributed by atoms with Gasteiger partial charge in [-0.2, -0.15) is 4.98 Å². The van der Waals surface area contributed by atoms with Crippen molar-refractivity contribution < 1.29 is 4.74 Å². The summed E-state index contributed by atoms with van der Waals surface area (Å²) in [5, 5.41) is 1.76. The second kappa shape index (κ2) is 8.96. The average Bonchev–Trinajstić information content (AvgIpc) is 2.62. The maximum atomic E-state index is 6.03. The van der Waals surface area contributed by atoms with Crippen molar-refractivity contribution in [1.82, 2.24) is 9.97 Å². The molecule has 0 aliphatic heterocycles. The molecule has 1 aromatic heterocycles. The Kier molecular flexibility index (Phi) is 6.65. The standard InChI is InChI=1S/C19H15Cl3N2OS/c1-12-23-15(11-26-16-5-3-14(20)4-6-16)9-19(24-12)25-10-13-2-7-17(21)18(22)8-13/h2-9H,10-11H2,1H3. The van der Waals surface area contributed by atoms with Crippen LogP contribution >= 0.6 is 46.6 Å². The lowest BCUT2D eigenvalue weighted by atomic mass is 10.2. The van der Waals surface area contributed by atoms with Crippen LogP contribution in [-0.4, -0.2) is 9.97 Å². The number of thioether (sulfide) groups is 1. The Morgan fingerprint density at radius 3 is 2.42 bits per heavy atom. The molecule has 0 radical (unpaired) electrons. The number of hydrogen-bond acceptors (Lipinski definition) is 4. The average molecular weight is 426 g/mol. The Morgan fingerprint density at radius 2 is 1.69 bits per heavy atom. The van der Waals surface area contributed by atoms with E-state index < -0.39 is 0 Å². The molecular weight excluding hydrogens is 411 g/mol. The van der Waals surface area contributed by atoms with Gasteiger partial charge >= 0.3 is 0 Å². The van der Waals surface area contributed by atoms with E-state index in [9.17, 15) is 0 Å². The van der Waals surface area contributed by atoms with Gasteiger partial charge in [0, 0.05) is 21.7 Å². The molecule has 0 saturated carbocycles. The quantitative estimate of drug-likeness (QED) is 0.416. The van der Waals surface area contributed by atoms with E-state index in [1.807, 2.05) is 43.3 Å². The number of halogens is 3. The number of ether oxygens (including phenoxy) is 1. The zero-order valence-corrected chi connectivity index (χ0v) is 17.0. The van der Waals surface area contributed by atoms with Crippen LogP contribution in [0.15, 0.2) is 53.4 Å². The van der Waals surface area contributed by atoms with E-state index in [0.717, 1.165) is 21.2 Å². The third-order valence-electron chi connectivity index (χ3n) is 3.44. The monoisotopic (exact) mass is 424 g/mol. The minimum Gasteiger partial charge on any atom is -0.473 e. The van der Waals surface area contributed by atoms with Crippen LogP contribution in [-0.2, 0) is 12.4 Å². The van der Waals surface area contributed by atoms with Gasteiger partial charge in [0.05, 0.1) is 15.7 Å². The minimum atomic E-state index is 0.358. The predicted octanol–water partition coefficient (Wildman–Crippen LogP) is 6.62. The molecule has 3 nitrogen and oxygen atoms in total. The third-order valence-corrected chi connectivity index (χ3v) is 5.48. The molecule has 0 fully saturated rings. The summed E-state index contributed by atoms with van der Waals surface area (Å²) in [4.78, 5) is 9.94. The summed E-state index contributed by atoms with van der Waals surface area (Å²) >= 11 is 19.6. The number of nitrogens with zero attached hydrogens (tertiary/aromatic N) is 2. The molecule has 0 saturated heterocycles. The molecule has 0 bridgehead atoms. The van der Waals surface area contributed by atoms with Gasteiger partial charge in [-0.05, 0) is 48.9 Å². The summed E-state index contributed by atoms with van der Waals surface area (Å²) in [6.45, 7) is 2.21. The minimum absolute atomic E-state index is 0.358. The summed E-state index contributed by atoms with van der Waals surface area (Å²) in [6, 6.07) is 15.0. The maximum Gasteiger partial charge on any atom is 0.217 e. The number of rotatable bonds is 6. The normalized spacial score (nSPS) is 10.8. The molecule has 2 aromatic carbocycles. The maximum absolute atomic E-state index is 6.03. The van der Waals surface area contributed by atoms with Gasteiger partial charge in [-0.15, -0.1) is 11.8 Å². The molecule has 0 aliphatic rings. The van der Waals surface area contributed by atoms with Crippen LogP contribution in [0.2, 0.25) is 15.1 Å². The van der Waals surface area contributed by atoms with Gasteiger partial charge in [0.1, 0.15) is 12.4 Å². The molecule has 1 heterocycles. The molecule has 0 amide bonds. The second-order valence-electron chi connectivity index (χ2n) is 5.52. The summed E-state index contributed by atoms with van der Waals surface area (Å²) in [6.07, 6.45) is 0. The highest BCUT2D eigenvalue weighted by molar-refractivity contribution is 7.98. The van der Waals surface area contributed by atoms with Crippen LogP contribution in [0.5, 0.6) is 5.88 Å². The molecule has 0 N–H and O–H groups in total. The molecule has 0 spiro atoms. The highest BCUT2D eigenvalue weighted by Crippen LogP contribution is 2.26. The SMILES string of the molecule is Cc1nc(CSc2ccc(Cl)cc2)cc(OCc2ccc(Cl)c(Cl)c2)n1. The Labute approximate surface area is 171 Å². The Morgan fingerprint density at radius 1 is 0.923 bits per heavy atom. The lowest BCUT2D eigenvalue weighted by Crippen LogP contribution is -2.01. The van der Waals surface area contributed by atoms with Gasteiger partial charge in [-0.25, -0.2) is 4.98 Å². The lowest BCUT2D eigenvalue weighted by molar-refractivity contribution is 0.292. The fraction of sp³-hybridized carbons (Fsp3) is 0.158. The van der Waals surface area contributed by atoms with Crippen LogP contribution < -0.4 is 4.74 Å². The van der Waals surface area contributed by atoms with Gasteiger partial charge in [0.2, 0.25) is 5.88 Å². The molecule has 0 aliphatic carbocycles. The number of hydrogen-bond donors (Lipinski definition) is 0. The van der Waals surface area contributed by atoms with E-state index in [1.54, 1.807) is 23.9 Å². The predicted molar refractivity (Wildman–Crippen MR) is 109 cm³/mol. The van der Waals surface area contributed by atoms with Crippen molar-refractivity contribution in [3.05, 3.63) is 80.7 Å². The van der Waals surface area contributed by atoms with Crippen LogP contribution in [0.1, 0.15) is 17.1 Å².